The molecule has 0 bridgehead atoms. The monoisotopic (exact) mass is 267 g/mol. The average Bonchev–Trinajstić information content (AvgIpc) is 2.47. The first-order chi connectivity index (χ1) is 9.68. The third-order valence-corrected chi connectivity index (χ3v) is 4.06. The Bertz CT molecular complexity index is 607. The molecule has 2 unspecified atom stereocenters. The maximum atomic E-state index is 6.12. The Morgan fingerprint density at radius 2 is 2.05 bits per heavy atom. The highest BCUT2D eigenvalue weighted by molar-refractivity contribution is 5.68. The minimum Gasteiger partial charge on any atom is -0.324 e. The van der Waals surface area contributed by atoms with E-state index in [1.165, 1.54) is 11.3 Å². The van der Waals surface area contributed by atoms with Crippen LogP contribution in [-0.2, 0) is 6.42 Å². The van der Waals surface area contributed by atoms with Crippen LogP contribution in [0.4, 0.5) is 11.5 Å². The van der Waals surface area contributed by atoms with Crippen LogP contribution in [0.3, 0.4) is 0 Å². The van der Waals surface area contributed by atoms with Gasteiger partial charge in [-0.1, -0.05) is 24.3 Å². The summed E-state index contributed by atoms with van der Waals surface area (Å²) in [6.45, 7) is 4.27. The predicted molar refractivity (Wildman–Crippen MR) is 83.2 cm³/mol. The first-order valence-electron chi connectivity index (χ1n) is 7.26. The number of pyridine rings is 1. The zero-order valence-electron chi connectivity index (χ0n) is 12.1. The van der Waals surface area contributed by atoms with Crippen molar-refractivity contribution in [1.29, 1.82) is 0 Å². The molecule has 1 aromatic heterocycles. The number of aromatic nitrogens is 1. The highest BCUT2D eigenvalue weighted by Crippen LogP contribution is 2.38. The van der Waals surface area contributed by atoms with E-state index in [0.29, 0.717) is 6.04 Å². The molecule has 2 N–H and O–H groups in total. The van der Waals surface area contributed by atoms with Crippen LogP contribution in [0.25, 0.3) is 0 Å². The molecule has 104 valence electrons. The third-order valence-electron chi connectivity index (χ3n) is 4.06. The molecule has 3 heteroatoms. The van der Waals surface area contributed by atoms with E-state index in [9.17, 15) is 0 Å². The van der Waals surface area contributed by atoms with E-state index < -0.39 is 0 Å². The molecule has 0 aliphatic carbocycles. The Balaban J connectivity index is 2.14. The Labute approximate surface area is 120 Å². The molecule has 0 saturated carbocycles. The Hall–Kier alpha value is -1.87. The van der Waals surface area contributed by atoms with Crippen molar-refractivity contribution in [1.82, 2.24) is 4.98 Å². The molecule has 1 aromatic carbocycles. The lowest BCUT2D eigenvalue weighted by molar-refractivity contribution is 0.609. The fourth-order valence-electron chi connectivity index (χ4n) is 2.98. The van der Waals surface area contributed by atoms with Crippen LogP contribution in [0.2, 0.25) is 0 Å². The van der Waals surface area contributed by atoms with E-state index in [0.717, 1.165) is 24.2 Å². The maximum absolute atomic E-state index is 6.12. The molecule has 2 heterocycles. The predicted octanol–water partition coefficient (Wildman–Crippen LogP) is 3.57. The number of aryl methyl sites for hydroxylation is 1. The van der Waals surface area contributed by atoms with E-state index in [4.69, 9.17) is 5.73 Å². The number of fused-ring (bicyclic) bond motifs is 1. The van der Waals surface area contributed by atoms with Crippen molar-refractivity contribution in [3.8, 4) is 0 Å². The summed E-state index contributed by atoms with van der Waals surface area (Å²) in [6.07, 6.45) is 4.13. The minimum atomic E-state index is -0.0139. The lowest BCUT2D eigenvalue weighted by Crippen LogP contribution is -2.35. The van der Waals surface area contributed by atoms with Crippen LogP contribution in [0, 0.1) is 0 Å². The standard InChI is InChI=1S/C17H21N3/c1-12-9-10-14-6-3-4-8-16(14)20(12)17-15(13(2)18)7-5-11-19-17/h3-8,11-13H,9-10,18H2,1-2H3. The van der Waals surface area contributed by atoms with Gasteiger partial charge in [0.15, 0.2) is 0 Å². The van der Waals surface area contributed by atoms with E-state index in [1.807, 2.05) is 19.2 Å². The number of hydrogen-bond acceptors (Lipinski definition) is 3. The molecule has 0 fully saturated rings. The summed E-state index contributed by atoms with van der Waals surface area (Å²) < 4.78 is 0. The van der Waals surface area contributed by atoms with Gasteiger partial charge in [-0.15, -0.1) is 0 Å². The summed E-state index contributed by atoms with van der Waals surface area (Å²) in [5, 5.41) is 0. The van der Waals surface area contributed by atoms with E-state index in [-0.39, 0.29) is 6.04 Å². The summed E-state index contributed by atoms with van der Waals surface area (Å²) in [5.41, 5.74) is 9.89. The van der Waals surface area contributed by atoms with Crippen molar-refractivity contribution in [2.24, 2.45) is 5.73 Å². The molecule has 3 nitrogen and oxygen atoms in total. The number of benzene rings is 1. The van der Waals surface area contributed by atoms with Crippen molar-refractivity contribution >= 4 is 11.5 Å². The second-order valence-electron chi connectivity index (χ2n) is 5.59. The molecule has 0 spiro atoms. The van der Waals surface area contributed by atoms with Gasteiger partial charge < -0.3 is 10.6 Å². The first kappa shape index (κ1) is 13.1. The van der Waals surface area contributed by atoms with Gasteiger partial charge in [0, 0.05) is 29.5 Å². The van der Waals surface area contributed by atoms with Gasteiger partial charge in [-0.3, -0.25) is 0 Å². The van der Waals surface area contributed by atoms with Gasteiger partial charge in [0.05, 0.1) is 0 Å². The SMILES string of the molecule is CC(N)c1cccnc1N1c2ccccc2CCC1C. The zero-order valence-corrected chi connectivity index (χ0v) is 12.1. The van der Waals surface area contributed by atoms with Crippen LogP contribution in [0.1, 0.15) is 37.4 Å². The number of hydrogen-bond donors (Lipinski definition) is 1. The normalized spacial score (nSPS) is 19.6. The van der Waals surface area contributed by atoms with Crippen molar-refractivity contribution in [3.63, 3.8) is 0 Å². The Kier molecular flexibility index (Phi) is 3.45. The molecule has 0 saturated heterocycles. The first-order valence-corrected chi connectivity index (χ1v) is 7.26. The van der Waals surface area contributed by atoms with Crippen molar-refractivity contribution in [3.05, 3.63) is 53.7 Å². The van der Waals surface area contributed by atoms with Crippen LogP contribution in [0.5, 0.6) is 0 Å². The van der Waals surface area contributed by atoms with Gasteiger partial charge in [0.25, 0.3) is 0 Å². The van der Waals surface area contributed by atoms with Gasteiger partial charge in [-0.2, -0.15) is 0 Å². The van der Waals surface area contributed by atoms with E-state index in [2.05, 4.69) is 47.1 Å². The fraction of sp³-hybridized carbons (Fsp3) is 0.353. The highest BCUT2D eigenvalue weighted by atomic mass is 15.2. The molecule has 1 aliphatic rings. The molecular formula is C17H21N3. The summed E-state index contributed by atoms with van der Waals surface area (Å²) in [5.74, 6) is 1.00. The maximum Gasteiger partial charge on any atom is 0.137 e. The van der Waals surface area contributed by atoms with Crippen LogP contribution in [-0.4, -0.2) is 11.0 Å². The summed E-state index contributed by atoms with van der Waals surface area (Å²) in [6, 6.07) is 13.1. The van der Waals surface area contributed by atoms with Crippen LogP contribution >= 0.6 is 0 Å². The lowest BCUT2D eigenvalue weighted by Gasteiger charge is -2.37. The van der Waals surface area contributed by atoms with Gasteiger partial charge in [0.2, 0.25) is 0 Å². The highest BCUT2D eigenvalue weighted by Gasteiger charge is 2.27. The molecule has 0 radical (unpaired) electrons. The molecule has 2 atom stereocenters. The summed E-state index contributed by atoms with van der Waals surface area (Å²) >= 11 is 0. The van der Waals surface area contributed by atoms with Crippen molar-refractivity contribution in [2.45, 2.75) is 38.8 Å². The largest absolute Gasteiger partial charge is 0.324 e. The number of nitrogens with two attached hydrogens (primary N) is 1. The smallest absolute Gasteiger partial charge is 0.137 e. The lowest BCUT2D eigenvalue weighted by atomic mass is 9.95. The molecule has 3 rings (SSSR count). The minimum absolute atomic E-state index is 0.0139. The molecule has 2 aromatic rings. The van der Waals surface area contributed by atoms with Gasteiger partial charge >= 0.3 is 0 Å². The third kappa shape index (κ3) is 2.18. The van der Waals surface area contributed by atoms with E-state index in [1.54, 1.807) is 0 Å². The quantitative estimate of drug-likeness (QED) is 0.904. The molecule has 0 amide bonds. The second kappa shape index (κ2) is 5.25. The van der Waals surface area contributed by atoms with Crippen molar-refractivity contribution < 1.29 is 0 Å². The van der Waals surface area contributed by atoms with Crippen LogP contribution < -0.4 is 10.6 Å². The summed E-state index contributed by atoms with van der Waals surface area (Å²) in [4.78, 5) is 6.96. The molecule has 20 heavy (non-hydrogen) atoms. The fourth-order valence-corrected chi connectivity index (χ4v) is 2.98. The van der Waals surface area contributed by atoms with Crippen LogP contribution in [0.15, 0.2) is 42.6 Å². The molecule has 1 aliphatic heterocycles. The van der Waals surface area contributed by atoms with Gasteiger partial charge in [0.1, 0.15) is 5.82 Å². The number of para-hydroxylation sites is 1. The Morgan fingerprint density at radius 1 is 1.25 bits per heavy atom. The van der Waals surface area contributed by atoms with Crippen molar-refractivity contribution in [2.75, 3.05) is 4.90 Å². The summed E-state index contributed by atoms with van der Waals surface area (Å²) in [7, 11) is 0. The van der Waals surface area contributed by atoms with Gasteiger partial charge in [-0.05, 0) is 44.4 Å². The number of nitrogens with zero attached hydrogens (tertiary/aromatic N) is 2. The topological polar surface area (TPSA) is 42.1 Å². The van der Waals surface area contributed by atoms with E-state index >= 15 is 0 Å². The molecular weight excluding hydrogens is 246 g/mol. The second-order valence-corrected chi connectivity index (χ2v) is 5.59. The number of anilines is 2. The average molecular weight is 267 g/mol. The number of rotatable bonds is 2. The Morgan fingerprint density at radius 3 is 2.85 bits per heavy atom. The zero-order chi connectivity index (χ0) is 14.1. The van der Waals surface area contributed by atoms with Gasteiger partial charge in [-0.25, -0.2) is 4.98 Å².